The van der Waals surface area contributed by atoms with Crippen LogP contribution in [0.4, 0.5) is 11.9 Å². The highest BCUT2D eigenvalue weighted by atomic mass is 16.1. The second kappa shape index (κ2) is 5.18. The lowest BCUT2D eigenvalue weighted by Crippen LogP contribution is -2.18. The second-order valence-electron chi connectivity index (χ2n) is 2.79. The summed E-state index contributed by atoms with van der Waals surface area (Å²) in [5, 5.41) is 2.88. The number of H-pyrrole nitrogens is 1. The molecule has 0 aliphatic heterocycles. The van der Waals surface area contributed by atoms with E-state index in [2.05, 4.69) is 20.3 Å². The van der Waals surface area contributed by atoms with Gasteiger partial charge in [-0.15, -0.1) is 0 Å². The van der Waals surface area contributed by atoms with Crippen molar-refractivity contribution in [2.75, 3.05) is 24.1 Å². The standard InChI is InChI=1S/C7H14N6O/c8-3-1-2-4-10-6-11-5(9)12-7(14)13-6/h1-4,8H2,(H4,9,10,11,12,13,14). The van der Waals surface area contributed by atoms with Crippen LogP contribution in [0, 0.1) is 0 Å². The van der Waals surface area contributed by atoms with Gasteiger partial charge in [-0.1, -0.05) is 0 Å². The summed E-state index contributed by atoms with van der Waals surface area (Å²) in [6, 6.07) is 0. The van der Waals surface area contributed by atoms with Gasteiger partial charge in [0.05, 0.1) is 0 Å². The number of nitrogen functional groups attached to an aromatic ring is 1. The number of unbranched alkanes of at least 4 members (excludes halogenated alkanes) is 1. The highest BCUT2D eigenvalue weighted by Gasteiger charge is 1.98. The van der Waals surface area contributed by atoms with E-state index in [1.54, 1.807) is 0 Å². The van der Waals surface area contributed by atoms with Crippen molar-refractivity contribution in [2.45, 2.75) is 12.8 Å². The Kier molecular flexibility index (Phi) is 3.86. The summed E-state index contributed by atoms with van der Waals surface area (Å²) >= 11 is 0. The fraction of sp³-hybridized carbons (Fsp3) is 0.571. The lowest BCUT2D eigenvalue weighted by molar-refractivity contribution is 0.768. The van der Waals surface area contributed by atoms with Crippen LogP contribution in [0.2, 0.25) is 0 Å². The number of nitrogens with one attached hydrogen (secondary N) is 2. The average Bonchev–Trinajstić information content (AvgIpc) is 2.11. The Labute approximate surface area is 80.9 Å². The molecule has 6 N–H and O–H groups in total. The Morgan fingerprint density at radius 1 is 1.36 bits per heavy atom. The molecule has 0 aliphatic carbocycles. The van der Waals surface area contributed by atoms with Crippen LogP contribution in [0.5, 0.6) is 0 Å². The van der Waals surface area contributed by atoms with Gasteiger partial charge in [0.15, 0.2) is 0 Å². The molecular weight excluding hydrogens is 184 g/mol. The van der Waals surface area contributed by atoms with E-state index in [1.807, 2.05) is 0 Å². The predicted molar refractivity (Wildman–Crippen MR) is 53.8 cm³/mol. The van der Waals surface area contributed by atoms with Crippen molar-refractivity contribution < 1.29 is 0 Å². The Morgan fingerprint density at radius 2 is 2.14 bits per heavy atom. The van der Waals surface area contributed by atoms with Gasteiger partial charge in [0, 0.05) is 6.54 Å². The van der Waals surface area contributed by atoms with Crippen molar-refractivity contribution >= 4 is 11.9 Å². The van der Waals surface area contributed by atoms with E-state index in [0.717, 1.165) is 12.8 Å². The van der Waals surface area contributed by atoms with Gasteiger partial charge in [-0.3, -0.25) is 4.98 Å². The highest BCUT2D eigenvalue weighted by Crippen LogP contribution is 1.95. The maximum absolute atomic E-state index is 10.9. The first kappa shape index (κ1) is 10.5. The first-order chi connectivity index (χ1) is 6.72. The first-order valence-electron chi connectivity index (χ1n) is 4.40. The number of aromatic nitrogens is 3. The summed E-state index contributed by atoms with van der Waals surface area (Å²) in [4.78, 5) is 20.5. The fourth-order valence-electron chi connectivity index (χ4n) is 0.949. The number of hydrogen-bond donors (Lipinski definition) is 4. The molecule has 0 amide bonds. The normalized spacial score (nSPS) is 10.1. The van der Waals surface area contributed by atoms with Gasteiger partial charge in [-0.25, -0.2) is 4.79 Å². The van der Waals surface area contributed by atoms with Crippen LogP contribution in [0.1, 0.15) is 12.8 Å². The third kappa shape index (κ3) is 3.40. The van der Waals surface area contributed by atoms with Crippen LogP contribution in [0.25, 0.3) is 0 Å². The van der Waals surface area contributed by atoms with Crippen LogP contribution >= 0.6 is 0 Å². The summed E-state index contributed by atoms with van der Waals surface area (Å²) in [6.07, 6.45) is 1.83. The molecule has 14 heavy (non-hydrogen) atoms. The molecule has 7 nitrogen and oxygen atoms in total. The monoisotopic (exact) mass is 198 g/mol. The first-order valence-corrected chi connectivity index (χ1v) is 4.40. The van der Waals surface area contributed by atoms with Crippen LogP contribution in [-0.4, -0.2) is 28.0 Å². The fourth-order valence-corrected chi connectivity index (χ4v) is 0.949. The molecule has 1 rings (SSSR count). The summed E-state index contributed by atoms with van der Waals surface area (Å²) in [5.41, 5.74) is 10.1. The zero-order valence-electron chi connectivity index (χ0n) is 7.79. The summed E-state index contributed by atoms with van der Waals surface area (Å²) in [6.45, 7) is 1.33. The minimum absolute atomic E-state index is 0.0614. The van der Waals surface area contributed by atoms with E-state index in [9.17, 15) is 4.79 Å². The molecule has 0 atom stereocenters. The van der Waals surface area contributed by atoms with E-state index >= 15 is 0 Å². The summed E-state index contributed by atoms with van der Waals surface area (Å²) in [5.74, 6) is 0.314. The molecule has 0 fully saturated rings. The molecule has 78 valence electrons. The second-order valence-corrected chi connectivity index (χ2v) is 2.79. The van der Waals surface area contributed by atoms with Gasteiger partial charge in [-0.2, -0.15) is 9.97 Å². The molecule has 0 bridgehead atoms. The van der Waals surface area contributed by atoms with E-state index in [-0.39, 0.29) is 11.9 Å². The largest absolute Gasteiger partial charge is 0.369 e. The van der Waals surface area contributed by atoms with Gasteiger partial charge >= 0.3 is 5.69 Å². The SMILES string of the molecule is NCCCCNc1nc(N)[nH]c(=O)n1. The van der Waals surface area contributed by atoms with Gasteiger partial charge in [0.1, 0.15) is 0 Å². The zero-order valence-corrected chi connectivity index (χ0v) is 7.79. The molecular formula is C7H14N6O. The minimum Gasteiger partial charge on any atom is -0.369 e. The third-order valence-electron chi connectivity index (χ3n) is 1.58. The Morgan fingerprint density at radius 3 is 2.79 bits per heavy atom. The van der Waals surface area contributed by atoms with Crippen LogP contribution in [0.3, 0.4) is 0 Å². The van der Waals surface area contributed by atoms with Gasteiger partial charge in [0.25, 0.3) is 0 Å². The lowest BCUT2D eigenvalue weighted by atomic mass is 10.3. The van der Waals surface area contributed by atoms with E-state index in [0.29, 0.717) is 13.1 Å². The van der Waals surface area contributed by atoms with Gasteiger partial charge in [0.2, 0.25) is 11.9 Å². The van der Waals surface area contributed by atoms with Crippen LogP contribution in [0.15, 0.2) is 4.79 Å². The average molecular weight is 198 g/mol. The number of nitrogens with zero attached hydrogens (tertiary/aromatic N) is 2. The number of nitrogens with two attached hydrogens (primary N) is 2. The highest BCUT2D eigenvalue weighted by molar-refractivity contribution is 5.28. The zero-order chi connectivity index (χ0) is 10.4. The molecule has 0 saturated heterocycles. The lowest BCUT2D eigenvalue weighted by Gasteiger charge is -2.02. The molecule has 1 aromatic rings. The van der Waals surface area contributed by atoms with Crippen molar-refractivity contribution in [1.29, 1.82) is 0 Å². The van der Waals surface area contributed by atoms with Crippen molar-refractivity contribution in [2.24, 2.45) is 5.73 Å². The van der Waals surface area contributed by atoms with Crippen LogP contribution in [-0.2, 0) is 0 Å². The maximum Gasteiger partial charge on any atom is 0.350 e. The Hall–Kier alpha value is -1.63. The van der Waals surface area contributed by atoms with Crippen molar-refractivity contribution in [3.8, 4) is 0 Å². The molecule has 1 heterocycles. The molecule has 0 spiro atoms. The van der Waals surface area contributed by atoms with Gasteiger partial charge in [-0.05, 0) is 19.4 Å². The minimum atomic E-state index is -0.501. The molecule has 0 aromatic carbocycles. The van der Waals surface area contributed by atoms with E-state index < -0.39 is 5.69 Å². The van der Waals surface area contributed by atoms with E-state index in [4.69, 9.17) is 11.5 Å². The van der Waals surface area contributed by atoms with Crippen LogP contribution < -0.4 is 22.5 Å². The smallest absolute Gasteiger partial charge is 0.350 e. The van der Waals surface area contributed by atoms with Crippen molar-refractivity contribution in [3.05, 3.63) is 10.5 Å². The number of anilines is 2. The third-order valence-corrected chi connectivity index (χ3v) is 1.58. The summed E-state index contributed by atoms with van der Waals surface area (Å²) < 4.78 is 0. The van der Waals surface area contributed by atoms with Gasteiger partial charge < -0.3 is 16.8 Å². The van der Waals surface area contributed by atoms with Crippen molar-refractivity contribution in [3.63, 3.8) is 0 Å². The topological polar surface area (TPSA) is 123 Å². The van der Waals surface area contributed by atoms with E-state index in [1.165, 1.54) is 0 Å². The number of rotatable bonds is 5. The van der Waals surface area contributed by atoms with Crippen molar-refractivity contribution in [1.82, 2.24) is 15.0 Å². The maximum atomic E-state index is 10.9. The predicted octanol–water partition coefficient (Wildman–Crippen LogP) is -1.10. The molecule has 0 aliphatic rings. The quantitative estimate of drug-likeness (QED) is 0.445. The number of aromatic amines is 1. The molecule has 0 unspecified atom stereocenters. The molecule has 0 radical (unpaired) electrons. The summed E-state index contributed by atoms with van der Waals surface area (Å²) in [7, 11) is 0. The molecule has 1 aromatic heterocycles. The molecule has 7 heteroatoms. The Balaban J connectivity index is 2.46. The molecule has 0 saturated carbocycles. The number of hydrogen-bond acceptors (Lipinski definition) is 6. The Bertz CT molecular complexity index is 335.